The fraction of sp³-hybridized carbons (Fsp3) is 0.435. The van der Waals surface area contributed by atoms with Crippen molar-refractivity contribution in [3.8, 4) is 11.5 Å². The predicted octanol–water partition coefficient (Wildman–Crippen LogP) is 3.76. The minimum absolute atomic E-state index is 0.232. The van der Waals surface area contributed by atoms with Gasteiger partial charge in [-0.15, -0.1) is 0 Å². The number of rotatable bonds is 10. The highest BCUT2D eigenvalue weighted by Gasteiger charge is 2.33. The average Bonchev–Trinajstić information content (AvgIpc) is 2.72. The van der Waals surface area contributed by atoms with E-state index in [1.165, 1.54) is 14.2 Å². The number of amides is 1. The van der Waals surface area contributed by atoms with Crippen molar-refractivity contribution in [2.45, 2.75) is 39.3 Å². The molecule has 0 saturated carbocycles. The van der Waals surface area contributed by atoms with Gasteiger partial charge >= 0.3 is 0 Å². The van der Waals surface area contributed by atoms with Crippen LogP contribution in [0.15, 0.2) is 48.5 Å². The first-order valence-electron chi connectivity index (χ1n) is 10.1. The minimum Gasteiger partial charge on any atom is -0.497 e. The number of anilines is 1. The minimum atomic E-state index is -3.81. The van der Waals surface area contributed by atoms with Gasteiger partial charge in [0, 0.05) is 6.07 Å². The number of nitrogens with one attached hydrogen (secondary N) is 1. The number of carbonyl (C=O) groups is 1. The van der Waals surface area contributed by atoms with Crippen LogP contribution in [-0.2, 0) is 14.8 Å². The smallest absolute Gasteiger partial charge is 0.244 e. The van der Waals surface area contributed by atoms with E-state index in [-0.39, 0.29) is 11.7 Å². The first-order valence-corrected chi connectivity index (χ1v) is 12.0. The number of hydrogen-bond donors (Lipinski definition) is 1. The van der Waals surface area contributed by atoms with E-state index in [0.29, 0.717) is 17.4 Å². The quantitative estimate of drug-likeness (QED) is 0.598. The van der Waals surface area contributed by atoms with Gasteiger partial charge in [-0.25, -0.2) is 8.42 Å². The zero-order chi connectivity index (χ0) is 23.2. The summed E-state index contributed by atoms with van der Waals surface area (Å²) < 4.78 is 37.1. The lowest BCUT2D eigenvalue weighted by Gasteiger charge is -2.31. The molecule has 0 unspecified atom stereocenters. The molecule has 7 nitrogen and oxygen atoms in total. The SMILES string of the molecule is COc1ccc(OC)c(N([C@H](C)C(=O)N[C@@H](CC(C)C)c2ccccc2)S(C)(=O)=O)c1. The fourth-order valence-corrected chi connectivity index (χ4v) is 4.65. The summed E-state index contributed by atoms with van der Waals surface area (Å²) in [6, 6.07) is 13.3. The number of hydrogen-bond acceptors (Lipinski definition) is 5. The fourth-order valence-electron chi connectivity index (χ4n) is 3.48. The monoisotopic (exact) mass is 448 g/mol. The second kappa shape index (κ2) is 10.5. The van der Waals surface area contributed by atoms with Crippen molar-refractivity contribution >= 4 is 21.6 Å². The van der Waals surface area contributed by atoms with Gasteiger partial charge in [0.25, 0.3) is 0 Å². The first kappa shape index (κ1) is 24.5. The summed E-state index contributed by atoms with van der Waals surface area (Å²) in [6.45, 7) is 5.72. The average molecular weight is 449 g/mol. The van der Waals surface area contributed by atoms with Gasteiger partial charge in [0.05, 0.1) is 32.2 Å². The molecule has 8 heteroatoms. The number of methoxy groups -OCH3 is 2. The summed E-state index contributed by atoms with van der Waals surface area (Å²) in [6.07, 6.45) is 1.79. The maximum absolute atomic E-state index is 13.2. The largest absolute Gasteiger partial charge is 0.497 e. The van der Waals surface area contributed by atoms with Crippen molar-refractivity contribution in [3.05, 3.63) is 54.1 Å². The van der Waals surface area contributed by atoms with E-state index >= 15 is 0 Å². The van der Waals surface area contributed by atoms with Crippen molar-refractivity contribution in [1.82, 2.24) is 5.32 Å². The Hall–Kier alpha value is -2.74. The molecular weight excluding hydrogens is 416 g/mol. The topological polar surface area (TPSA) is 84.9 Å². The van der Waals surface area contributed by atoms with Crippen LogP contribution in [0.2, 0.25) is 0 Å². The summed E-state index contributed by atoms with van der Waals surface area (Å²) in [7, 11) is -0.868. The molecule has 0 fully saturated rings. The van der Waals surface area contributed by atoms with Gasteiger partial charge in [-0.2, -0.15) is 0 Å². The Balaban J connectivity index is 2.41. The van der Waals surface area contributed by atoms with E-state index in [2.05, 4.69) is 19.2 Å². The standard InChI is InChI=1S/C23H32N2O5S/c1-16(2)14-20(18-10-8-7-9-11-18)24-23(26)17(3)25(31(6,27)28)21-15-19(29-4)12-13-22(21)30-5/h7-13,15-17,20H,14H2,1-6H3,(H,24,26)/t17-,20+/m1/s1. The number of benzene rings is 2. The molecule has 31 heavy (non-hydrogen) atoms. The molecule has 0 bridgehead atoms. The third kappa shape index (κ3) is 6.37. The van der Waals surface area contributed by atoms with Crippen LogP contribution < -0.4 is 19.1 Å². The Labute approximate surface area is 185 Å². The van der Waals surface area contributed by atoms with Gasteiger partial charge in [0.1, 0.15) is 17.5 Å². The van der Waals surface area contributed by atoms with Crippen molar-refractivity contribution in [1.29, 1.82) is 0 Å². The second-order valence-corrected chi connectivity index (χ2v) is 9.73. The molecule has 170 valence electrons. The van der Waals surface area contributed by atoms with Crippen LogP contribution in [0.25, 0.3) is 0 Å². The predicted molar refractivity (Wildman–Crippen MR) is 123 cm³/mol. The van der Waals surface area contributed by atoms with E-state index in [4.69, 9.17) is 9.47 Å². The molecule has 0 saturated heterocycles. The molecule has 1 N–H and O–H groups in total. The van der Waals surface area contributed by atoms with Crippen molar-refractivity contribution in [2.75, 3.05) is 24.8 Å². The van der Waals surface area contributed by atoms with Gasteiger partial charge in [-0.3, -0.25) is 9.10 Å². The highest BCUT2D eigenvalue weighted by molar-refractivity contribution is 7.92. The Bertz CT molecular complexity index is 977. The zero-order valence-corrected chi connectivity index (χ0v) is 19.8. The normalized spacial score (nSPS) is 13.4. The summed E-state index contributed by atoms with van der Waals surface area (Å²) in [5.74, 6) is 0.724. The molecule has 2 aromatic carbocycles. The van der Waals surface area contributed by atoms with Crippen molar-refractivity contribution < 1.29 is 22.7 Å². The molecule has 0 aliphatic rings. The van der Waals surface area contributed by atoms with Crippen LogP contribution in [0.1, 0.15) is 38.8 Å². The summed E-state index contributed by atoms with van der Waals surface area (Å²) in [4.78, 5) is 13.2. The van der Waals surface area contributed by atoms with E-state index in [1.54, 1.807) is 25.1 Å². The van der Waals surface area contributed by atoms with Gasteiger partial charge in [-0.1, -0.05) is 44.2 Å². The molecular formula is C23H32N2O5S. The Morgan fingerprint density at radius 2 is 1.68 bits per heavy atom. The summed E-state index contributed by atoms with van der Waals surface area (Å²) in [5, 5.41) is 3.04. The molecule has 2 aromatic rings. The molecule has 2 rings (SSSR count). The van der Waals surface area contributed by atoms with Crippen LogP contribution in [-0.4, -0.2) is 40.8 Å². The van der Waals surface area contributed by atoms with Crippen LogP contribution in [0.3, 0.4) is 0 Å². The van der Waals surface area contributed by atoms with Crippen LogP contribution in [0.5, 0.6) is 11.5 Å². The van der Waals surface area contributed by atoms with Crippen LogP contribution in [0, 0.1) is 5.92 Å². The van der Waals surface area contributed by atoms with E-state index in [0.717, 1.165) is 22.5 Å². The van der Waals surface area contributed by atoms with Gasteiger partial charge in [-0.05, 0) is 37.0 Å². The maximum Gasteiger partial charge on any atom is 0.244 e. The van der Waals surface area contributed by atoms with Gasteiger partial charge in [0.15, 0.2) is 0 Å². The Kier molecular flexibility index (Phi) is 8.33. The molecule has 0 aliphatic heterocycles. The van der Waals surface area contributed by atoms with Gasteiger partial charge in [0.2, 0.25) is 15.9 Å². The Morgan fingerprint density at radius 3 is 2.19 bits per heavy atom. The van der Waals surface area contributed by atoms with Crippen LogP contribution in [0.4, 0.5) is 5.69 Å². The van der Waals surface area contributed by atoms with Crippen molar-refractivity contribution in [3.63, 3.8) is 0 Å². The lowest BCUT2D eigenvalue weighted by Crippen LogP contribution is -2.48. The zero-order valence-electron chi connectivity index (χ0n) is 19.0. The molecule has 0 radical (unpaired) electrons. The third-order valence-electron chi connectivity index (χ3n) is 4.94. The number of ether oxygens (including phenoxy) is 2. The molecule has 0 spiro atoms. The lowest BCUT2D eigenvalue weighted by molar-refractivity contribution is -0.122. The third-order valence-corrected chi connectivity index (χ3v) is 6.17. The van der Waals surface area contributed by atoms with Gasteiger partial charge < -0.3 is 14.8 Å². The summed E-state index contributed by atoms with van der Waals surface area (Å²) in [5.41, 5.74) is 1.22. The lowest BCUT2D eigenvalue weighted by atomic mass is 9.96. The van der Waals surface area contributed by atoms with Crippen molar-refractivity contribution in [2.24, 2.45) is 5.92 Å². The highest BCUT2D eigenvalue weighted by atomic mass is 32.2. The van der Waals surface area contributed by atoms with E-state index < -0.39 is 22.0 Å². The molecule has 2 atom stereocenters. The number of nitrogens with zero attached hydrogens (tertiary/aromatic N) is 1. The molecule has 1 amide bonds. The van der Waals surface area contributed by atoms with E-state index in [1.807, 2.05) is 30.3 Å². The molecule has 0 aromatic heterocycles. The van der Waals surface area contributed by atoms with E-state index in [9.17, 15) is 13.2 Å². The number of carbonyl (C=O) groups excluding carboxylic acids is 1. The molecule has 0 aliphatic carbocycles. The highest BCUT2D eigenvalue weighted by Crippen LogP contribution is 2.35. The van der Waals surface area contributed by atoms with Crippen LogP contribution >= 0.6 is 0 Å². The first-order chi connectivity index (χ1) is 14.6. The summed E-state index contributed by atoms with van der Waals surface area (Å²) >= 11 is 0. The number of sulfonamides is 1. The molecule has 0 heterocycles. The Morgan fingerprint density at radius 1 is 1.03 bits per heavy atom. The maximum atomic E-state index is 13.2. The second-order valence-electron chi connectivity index (χ2n) is 7.87.